The molecule has 0 spiro atoms. The zero-order valence-corrected chi connectivity index (χ0v) is 13.4. The normalized spacial score (nSPS) is 12.1. The number of aryl methyl sites for hydroxylation is 1. The van der Waals surface area contributed by atoms with E-state index in [0.29, 0.717) is 26.1 Å². The third-order valence-electron chi connectivity index (χ3n) is 3.00. The molecule has 0 fully saturated rings. The predicted molar refractivity (Wildman–Crippen MR) is 84.7 cm³/mol. The first-order valence-corrected chi connectivity index (χ1v) is 8.12. The SMILES string of the molecule is Cc1ccc(S(=O)Cc2cc(Cl)ccc2Cl)cc1C(=O)O. The Morgan fingerprint density at radius 3 is 2.57 bits per heavy atom. The Balaban J connectivity index is 2.30. The second-order valence-corrected chi connectivity index (χ2v) is 6.80. The summed E-state index contributed by atoms with van der Waals surface area (Å²) in [5, 5.41) is 10.1. The van der Waals surface area contributed by atoms with Crippen molar-refractivity contribution in [2.75, 3.05) is 0 Å². The molecule has 0 saturated carbocycles. The number of carboxylic acid groups (broad SMARTS) is 1. The quantitative estimate of drug-likeness (QED) is 0.900. The zero-order chi connectivity index (χ0) is 15.6. The van der Waals surface area contributed by atoms with E-state index in [0.717, 1.165) is 0 Å². The summed E-state index contributed by atoms with van der Waals surface area (Å²) in [5.74, 6) is -0.853. The van der Waals surface area contributed by atoms with Gasteiger partial charge in [-0.1, -0.05) is 29.3 Å². The van der Waals surface area contributed by atoms with Crippen molar-refractivity contribution in [3.63, 3.8) is 0 Å². The summed E-state index contributed by atoms with van der Waals surface area (Å²) in [6.45, 7) is 1.70. The van der Waals surface area contributed by atoms with Crippen molar-refractivity contribution >= 4 is 40.0 Å². The first kappa shape index (κ1) is 16.0. The maximum absolute atomic E-state index is 12.4. The first-order valence-electron chi connectivity index (χ1n) is 6.04. The molecule has 2 rings (SSSR count). The molecule has 2 aromatic carbocycles. The smallest absolute Gasteiger partial charge is 0.335 e. The highest BCUT2D eigenvalue weighted by atomic mass is 35.5. The van der Waals surface area contributed by atoms with E-state index in [-0.39, 0.29) is 11.3 Å². The summed E-state index contributed by atoms with van der Waals surface area (Å²) in [6.07, 6.45) is 0. The Labute approximate surface area is 135 Å². The molecule has 0 bridgehead atoms. The molecule has 2 aromatic rings. The van der Waals surface area contributed by atoms with Gasteiger partial charge < -0.3 is 5.11 Å². The third kappa shape index (κ3) is 3.84. The van der Waals surface area contributed by atoms with Gasteiger partial charge in [0, 0.05) is 14.9 Å². The summed E-state index contributed by atoms with van der Waals surface area (Å²) < 4.78 is 12.4. The van der Waals surface area contributed by atoms with Crippen LogP contribution in [0.2, 0.25) is 10.0 Å². The Morgan fingerprint density at radius 1 is 1.19 bits per heavy atom. The number of halogens is 2. The van der Waals surface area contributed by atoms with Crippen LogP contribution < -0.4 is 0 Å². The number of carbonyl (C=O) groups is 1. The summed E-state index contributed by atoms with van der Waals surface area (Å²) in [6, 6.07) is 9.71. The topological polar surface area (TPSA) is 54.4 Å². The third-order valence-corrected chi connectivity index (χ3v) is 4.95. The average Bonchev–Trinajstić information content (AvgIpc) is 2.43. The summed E-state index contributed by atoms with van der Waals surface area (Å²) in [7, 11) is -1.39. The molecule has 0 saturated heterocycles. The Kier molecular flexibility index (Phi) is 5.04. The van der Waals surface area contributed by atoms with Gasteiger partial charge in [-0.3, -0.25) is 4.21 Å². The fourth-order valence-electron chi connectivity index (χ4n) is 1.85. The van der Waals surface area contributed by atoms with Crippen LogP contribution in [0.3, 0.4) is 0 Å². The van der Waals surface area contributed by atoms with E-state index in [9.17, 15) is 9.00 Å². The highest BCUT2D eigenvalue weighted by Crippen LogP contribution is 2.24. The Morgan fingerprint density at radius 2 is 1.90 bits per heavy atom. The van der Waals surface area contributed by atoms with E-state index >= 15 is 0 Å². The zero-order valence-electron chi connectivity index (χ0n) is 11.1. The molecule has 0 aliphatic carbocycles. The van der Waals surface area contributed by atoms with Gasteiger partial charge in [0.05, 0.1) is 22.1 Å². The molecule has 0 aromatic heterocycles. The van der Waals surface area contributed by atoms with Gasteiger partial charge >= 0.3 is 5.97 Å². The lowest BCUT2D eigenvalue weighted by Crippen LogP contribution is -2.03. The summed E-state index contributed by atoms with van der Waals surface area (Å²) in [5.41, 5.74) is 1.45. The van der Waals surface area contributed by atoms with Gasteiger partial charge in [-0.25, -0.2) is 4.79 Å². The Hall–Kier alpha value is -1.36. The fraction of sp³-hybridized carbons (Fsp3) is 0.133. The number of rotatable bonds is 4. The molecule has 0 heterocycles. The second-order valence-electron chi connectivity index (χ2n) is 4.51. The van der Waals surface area contributed by atoms with Crippen LogP contribution in [0.15, 0.2) is 41.3 Å². The standard InChI is InChI=1S/C15H12Cl2O3S/c1-9-2-4-12(7-13(9)15(18)19)21(20)8-10-6-11(16)3-5-14(10)17/h2-7H,8H2,1H3,(H,18,19). The molecule has 0 amide bonds. The monoisotopic (exact) mass is 342 g/mol. The van der Waals surface area contributed by atoms with Crippen LogP contribution in [0, 0.1) is 6.92 Å². The summed E-state index contributed by atoms with van der Waals surface area (Å²) in [4.78, 5) is 11.6. The van der Waals surface area contributed by atoms with Crippen molar-refractivity contribution in [1.29, 1.82) is 0 Å². The Bertz CT molecular complexity index is 729. The van der Waals surface area contributed by atoms with Crippen LogP contribution >= 0.6 is 23.2 Å². The lowest BCUT2D eigenvalue weighted by Gasteiger charge is -2.07. The van der Waals surface area contributed by atoms with E-state index < -0.39 is 16.8 Å². The minimum absolute atomic E-state index is 0.151. The van der Waals surface area contributed by atoms with Crippen molar-refractivity contribution in [2.45, 2.75) is 17.6 Å². The largest absolute Gasteiger partial charge is 0.478 e. The van der Waals surface area contributed by atoms with Gasteiger partial charge in [0.1, 0.15) is 0 Å². The van der Waals surface area contributed by atoms with Crippen LogP contribution in [-0.4, -0.2) is 15.3 Å². The lowest BCUT2D eigenvalue weighted by atomic mass is 10.1. The van der Waals surface area contributed by atoms with Crippen molar-refractivity contribution < 1.29 is 14.1 Å². The van der Waals surface area contributed by atoms with Crippen molar-refractivity contribution in [2.24, 2.45) is 0 Å². The highest BCUT2D eigenvalue weighted by molar-refractivity contribution is 7.84. The van der Waals surface area contributed by atoms with Crippen molar-refractivity contribution in [1.82, 2.24) is 0 Å². The van der Waals surface area contributed by atoms with Crippen molar-refractivity contribution in [3.8, 4) is 0 Å². The number of hydrogen-bond donors (Lipinski definition) is 1. The van der Waals surface area contributed by atoms with E-state index in [1.165, 1.54) is 6.07 Å². The van der Waals surface area contributed by atoms with Gasteiger partial charge in [-0.15, -0.1) is 0 Å². The molecule has 1 unspecified atom stereocenters. The average molecular weight is 343 g/mol. The molecule has 6 heteroatoms. The van der Waals surface area contributed by atoms with E-state index in [1.807, 2.05) is 0 Å². The molecule has 0 aliphatic heterocycles. The van der Waals surface area contributed by atoms with Crippen LogP contribution in [0.4, 0.5) is 0 Å². The molecule has 3 nitrogen and oxygen atoms in total. The van der Waals surface area contributed by atoms with Crippen LogP contribution in [0.25, 0.3) is 0 Å². The molecule has 1 atom stereocenters. The predicted octanol–water partition coefficient (Wildman–Crippen LogP) is 4.31. The number of hydrogen-bond acceptors (Lipinski definition) is 2. The first-order chi connectivity index (χ1) is 9.88. The lowest BCUT2D eigenvalue weighted by molar-refractivity contribution is 0.0696. The van der Waals surface area contributed by atoms with E-state index in [1.54, 1.807) is 37.3 Å². The van der Waals surface area contributed by atoms with Crippen LogP contribution in [-0.2, 0) is 16.6 Å². The fourth-order valence-corrected chi connectivity index (χ4v) is 3.47. The molecule has 110 valence electrons. The van der Waals surface area contributed by atoms with Gasteiger partial charge in [0.15, 0.2) is 0 Å². The van der Waals surface area contributed by atoms with Crippen LogP contribution in [0.5, 0.6) is 0 Å². The molecule has 0 aliphatic rings. The minimum atomic E-state index is -1.39. The molecule has 1 N–H and O–H groups in total. The van der Waals surface area contributed by atoms with Gasteiger partial charge in [0.2, 0.25) is 0 Å². The molecule has 21 heavy (non-hydrogen) atoms. The number of carboxylic acids is 1. The summed E-state index contributed by atoms with van der Waals surface area (Å²) >= 11 is 11.9. The maximum Gasteiger partial charge on any atom is 0.335 e. The van der Waals surface area contributed by atoms with Gasteiger partial charge in [-0.05, 0) is 48.4 Å². The molecular formula is C15H12Cl2O3S. The van der Waals surface area contributed by atoms with Gasteiger partial charge in [0.25, 0.3) is 0 Å². The second kappa shape index (κ2) is 6.60. The molecule has 0 radical (unpaired) electrons. The maximum atomic E-state index is 12.4. The van der Waals surface area contributed by atoms with Crippen molar-refractivity contribution in [3.05, 3.63) is 63.1 Å². The van der Waals surface area contributed by atoms with Gasteiger partial charge in [-0.2, -0.15) is 0 Å². The van der Waals surface area contributed by atoms with E-state index in [2.05, 4.69) is 0 Å². The number of benzene rings is 2. The number of aromatic carboxylic acids is 1. The minimum Gasteiger partial charge on any atom is -0.478 e. The molecular weight excluding hydrogens is 331 g/mol. The van der Waals surface area contributed by atoms with Crippen LogP contribution in [0.1, 0.15) is 21.5 Å². The van der Waals surface area contributed by atoms with E-state index in [4.69, 9.17) is 28.3 Å². The highest BCUT2D eigenvalue weighted by Gasteiger charge is 2.13.